The number of carbonyl (C=O) groups excluding carboxylic acids is 1. The van der Waals surface area contributed by atoms with Crippen LogP contribution >= 0.6 is 11.3 Å². The molecule has 1 aromatic rings. The molecule has 0 radical (unpaired) electrons. The van der Waals surface area contributed by atoms with E-state index in [0.717, 1.165) is 32.1 Å². The molecule has 3 nitrogen and oxygen atoms in total. The normalized spacial score (nSPS) is 17.8. The number of piperidine rings is 1. The Labute approximate surface area is 113 Å². The highest BCUT2D eigenvalue weighted by Crippen LogP contribution is 2.30. The molecule has 4 heteroatoms. The van der Waals surface area contributed by atoms with Crippen molar-refractivity contribution in [3.8, 4) is 0 Å². The van der Waals surface area contributed by atoms with E-state index in [4.69, 9.17) is 0 Å². The number of thiophene rings is 1. The summed E-state index contributed by atoms with van der Waals surface area (Å²) in [5.74, 6) is 0.912. The van der Waals surface area contributed by atoms with Crippen molar-refractivity contribution in [2.45, 2.75) is 32.1 Å². The summed E-state index contributed by atoms with van der Waals surface area (Å²) in [6.45, 7) is 5.98. The van der Waals surface area contributed by atoms with E-state index in [1.807, 2.05) is 18.3 Å². The highest BCUT2D eigenvalue weighted by atomic mass is 32.1. The molecule has 0 unspecified atom stereocenters. The van der Waals surface area contributed by atoms with Crippen molar-refractivity contribution in [1.82, 2.24) is 10.2 Å². The zero-order chi connectivity index (χ0) is 12.8. The lowest BCUT2D eigenvalue weighted by atomic mass is 9.95. The summed E-state index contributed by atoms with van der Waals surface area (Å²) in [4.78, 5) is 15.1. The lowest BCUT2D eigenvalue weighted by molar-refractivity contribution is -0.120. The minimum Gasteiger partial charge on any atom is -0.355 e. The molecule has 1 aromatic heterocycles. The van der Waals surface area contributed by atoms with Gasteiger partial charge in [0, 0.05) is 24.4 Å². The minimum absolute atomic E-state index is 0.156. The van der Waals surface area contributed by atoms with E-state index >= 15 is 0 Å². The van der Waals surface area contributed by atoms with E-state index in [2.05, 4.69) is 27.7 Å². The SMILES string of the molecule is CCC(=O)NCCN1CCC(c2cccs2)CC1. The molecule has 1 N–H and O–H groups in total. The zero-order valence-corrected chi connectivity index (χ0v) is 11.8. The van der Waals surface area contributed by atoms with Gasteiger partial charge in [-0.15, -0.1) is 11.3 Å². The van der Waals surface area contributed by atoms with Gasteiger partial charge in [-0.1, -0.05) is 13.0 Å². The van der Waals surface area contributed by atoms with Crippen molar-refractivity contribution >= 4 is 17.2 Å². The van der Waals surface area contributed by atoms with Crippen molar-refractivity contribution in [3.05, 3.63) is 22.4 Å². The van der Waals surface area contributed by atoms with Gasteiger partial charge in [0.05, 0.1) is 0 Å². The molecule has 0 bridgehead atoms. The maximum absolute atomic E-state index is 11.1. The van der Waals surface area contributed by atoms with Crippen molar-refractivity contribution < 1.29 is 4.79 Å². The topological polar surface area (TPSA) is 32.3 Å². The third-order valence-electron chi connectivity index (χ3n) is 3.60. The first kappa shape index (κ1) is 13.6. The third kappa shape index (κ3) is 3.82. The molecule has 2 rings (SSSR count). The van der Waals surface area contributed by atoms with E-state index in [-0.39, 0.29) is 5.91 Å². The maximum atomic E-state index is 11.1. The number of carbonyl (C=O) groups is 1. The van der Waals surface area contributed by atoms with Crippen LogP contribution in [0.2, 0.25) is 0 Å². The van der Waals surface area contributed by atoms with E-state index in [1.165, 1.54) is 17.7 Å². The van der Waals surface area contributed by atoms with Crippen LogP contribution in [0.4, 0.5) is 0 Å². The summed E-state index contributed by atoms with van der Waals surface area (Å²) in [5.41, 5.74) is 0. The fourth-order valence-electron chi connectivity index (χ4n) is 2.44. The Bertz CT molecular complexity index is 356. The number of hydrogen-bond acceptors (Lipinski definition) is 3. The largest absolute Gasteiger partial charge is 0.355 e. The van der Waals surface area contributed by atoms with Crippen molar-refractivity contribution in [3.63, 3.8) is 0 Å². The summed E-state index contributed by atoms with van der Waals surface area (Å²) in [7, 11) is 0. The van der Waals surface area contributed by atoms with Gasteiger partial charge in [0.25, 0.3) is 0 Å². The molecular formula is C14H22N2OS. The Hall–Kier alpha value is -0.870. The van der Waals surface area contributed by atoms with E-state index in [1.54, 1.807) is 0 Å². The van der Waals surface area contributed by atoms with Crippen LogP contribution in [0.25, 0.3) is 0 Å². The fraction of sp³-hybridized carbons (Fsp3) is 0.643. The first-order valence-electron chi connectivity index (χ1n) is 6.82. The highest BCUT2D eigenvalue weighted by Gasteiger charge is 2.20. The molecule has 0 atom stereocenters. The van der Waals surface area contributed by atoms with Gasteiger partial charge in [-0.05, 0) is 43.3 Å². The predicted molar refractivity (Wildman–Crippen MR) is 76.0 cm³/mol. The van der Waals surface area contributed by atoms with Gasteiger partial charge in [-0.3, -0.25) is 4.79 Å². The zero-order valence-electron chi connectivity index (χ0n) is 11.0. The molecule has 18 heavy (non-hydrogen) atoms. The van der Waals surface area contributed by atoms with Gasteiger partial charge < -0.3 is 10.2 Å². The fourth-order valence-corrected chi connectivity index (χ4v) is 3.34. The third-order valence-corrected chi connectivity index (χ3v) is 4.64. The Morgan fingerprint density at radius 2 is 2.28 bits per heavy atom. The monoisotopic (exact) mass is 266 g/mol. The Kier molecular flexibility index (Phi) is 5.20. The Morgan fingerprint density at radius 1 is 1.50 bits per heavy atom. The average Bonchev–Trinajstić information content (AvgIpc) is 2.93. The molecule has 1 aliphatic heterocycles. The second kappa shape index (κ2) is 6.90. The molecule has 2 heterocycles. The minimum atomic E-state index is 0.156. The van der Waals surface area contributed by atoms with Crippen molar-refractivity contribution in [1.29, 1.82) is 0 Å². The van der Waals surface area contributed by atoms with Crippen LogP contribution in [-0.2, 0) is 4.79 Å². The van der Waals surface area contributed by atoms with E-state index in [0.29, 0.717) is 6.42 Å². The molecule has 1 aliphatic rings. The van der Waals surface area contributed by atoms with Gasteiger partial charge in [-0.25, -0.2) is 0 Å². The molecule has 1 fully saturated rings. The molecule has 0 aromatic carbocycles. The van der Waals surface area contributed by atoms with Gasteiger partial charge in [-0.2, -0.15) is 0 Å². The number of rotatable bonds is 5. The summed E-state index contributed by atoms with van der Waals surface area (Å²) < 4.78 is 0. The van der Waals surface area contributed by atoms with Crippen LogP contribution in [0.5, 0.6) is 0 Å². The van der Waals surface area contributed by atoms with E-state index < -0.39 is 0 Å². The quantitative estimate of drug-likeness (QED) is 0.888. The summed E-state index contributed by atoms with van der Waals surface area (Å²) >= 11 is 1.88. The first-order valence-corrected chi connectivity index (χ1v) is 7.70. The lowest BCUT2D eigenvalue weighted by Gasteiger charge is -2.31. The molecule has 100 valence electrons. The highest BCUT2D eigenvalue weighted by molar-refractivity contribution is 7.10. The van der Waals surface area contributed by atoms with Crippen LogP contribution in [0, 0.1) is 0 Å². The molecule has 1 saturated heterocycles. The molecule has 1 amide bonds. The number of nitrogens with one attached hydrogen (secondary N) is 1. The summed E-state index contributed by atoms with van der Waals surface area (Å²) in [6, 6.07) is 4.40. The van der Waals surface area contributed by atoms with Crippen LogP contribution < -0.4 is 5.32 Å². The molecule has 0 saturated carbocycles. The van der Waals surface area contributed by atoms with Crippen molar-refractivity contribution in [2.75, 3.05) is 26.2 Å². The summed E-state index contributed by atoms with van der Waals surface area (Å²) in [5, 5.41) is 5.11. The van der Waals surface area contributed by atoms with Gasteiger partial charge in [0.15, 0.2) is 0 Å². The van der Waals surface area contributed by atoms with E-state index in [9.17, 15) is 4.79 Å². The van der Waals surface area contributed by atoms with Gasteiger partial charge in [0.1, 0.15) is 0 Å². The number of nitrogens with zero attached hydrogens (tertiary/aromatic N) is 1. The lowest BCUT2D eigenvalue weighted by Crippen LogP contribution is -2.39. The first-order chi connectivity index (χ1) is 8.79. The second-order valence-electron chi connectivity index (χ2n) is 4.83. The van der Waals surface area contributed by atoms with Crippen LogP contribution in [0.15, 0.2) is 17.5 Å². The second-order valence-corrected chi connectivity index (χ2v) is 5.81. The number of hydrogen-bond donors (Lipinski definition) is 1. The Balaban J connectivity index is 1.66. The van der Waals surface area contributed by atoms with Crippen LogP contribution in [0.1, 0.15) is 37.0 Å². The standard InChI is InChI=1S/C14H22N2OS/c1-2-14(17)15-7-10-16-8-5-12(6-9-16)13-4-3-11-18-13/h3-4,11-12H,2,5-10H2,1H3,(H,15,17). The predicted octanol–water partition coefficient (Wildman–Crippen LogP) is 2.45. The maximum Gasteiger partial charge on any atom is 0.219 e. The summed E-state index contributed by atoms with van der Waals surface area (Å²) in [6.07, 6.45) is 3.09. The molecular weight excluding hydrogens is 244 g/mol. The number of likely N-dealkylation sites (tertiary alicyclic amines) is 1. The molecule has 0 aliphatic carbocycles. The van der Waals surface area contributed by atoms with Gasteiger partial charge >= 0.3 is 0 Å². The Morgan fingerprint density at radius 3 is 2.89 bits per heavy atom. The van der Waals surface area contributed by atoms with Gasteiger partial charge in [0.2, 0.25) is 5.91 Å². The number of amides is 1. The van der Waals surface area contributed by atoms with Crippen LogP contribution in [0.3, 0.4) is 0 Å². The average molecular weight is 266 g/mol. The van der Waals surface area contributed by atoms with Crippen LogP contribution in [-0.4, -0.2) is 37.0 Å². The van der Waals surface area contributed by atoms with Crippen molar-refractivity contribution in [2.24, 2.45) is 0 Å². The molecule has 0 spiro atoms. The smallest absolute Gasteiger partial charge is 0.219 e.